The summed E-state index contributed by atoms with van der Waals surface area (Å²) in [6.07, 6.45) is 0. The third-order valence-electron chi connectivity index (χ3n) is 5.03. The van der Waals surface area contributed by atoms with E-state index in [1.807, 2.05) is 26.0 Å². The molecule has 0 aliphatic rings. The molecule has 7 nitrogen and oxygen atoms in total. The molecule has 0 spiro atoms. The Hall–Kier alpha value is -3.52. The lowest BCUT2D eigenvalue weighted by Crippen LogP contribution is -2.18. The van der Waals surface area contributed by atoms with Crippen LogP contribution < -0.4 is 19.5 Å². The quantitative estimate of drug-likeness (QED) is 0.541. The molecule has 0 bridgehead atoms. The summed E-state index contributed by atoms with van der Waals surface area (Å²) in [6, 6.07) is 15.1. The van der Waals surface area contributed by atoms with Crippen LogP contribution in [0.2, 0.25) is 0 Å². The molecular weight excluding hydrogens is 428 g/mol. The van der Waals surface area contributed by atoms with Crippen molar-refractivity contribution in [1.82, 2.24) is 0 Å². The molecule has 3 aromatic rings. The fourth-order valence-electron chi connectivity index (χ4n) is 3.17. The molecule has 2 N–H and O–H groups in total. The Morgan fingerprint density at radius 2 is 1.53 bits per heavy atom. The van der Waals surface area contributed by atoms with Gasteiger partial charge >= 0.3 is 0 Å². The number of methoxy groups -OCH3 is 2. The van der Waals surface area contributed by atoms with Crippen molar-refractivity contribution < 1.29 is 22.7 Å². The van der Waals surface area contributed by atoms with Crippen molar-refractivity contribution in [3.8, 4) is 11.5 Å². The molecule has 0 saturated heterocycles. The van der Waals surface area contributed by atoms with Crippen molar-refractivity contribution in [3.63, 3.8) is 0 Å². The van der Waals surface area contributed by atoms with Gasteiger partial charge in [-0.15, -0.1) is 0 Å². The van der Waals surface area contributed by atoms with E-state index in [2.05, 4.69) is 10.0 Å². The summed E-state index contributed by atoms with van der Waals surface area (Å²) in [6.45, 7) is 5.41. The summed E-state index contributed by atoms with van der Waals surface area (Å²) in [7, 11) is -0.884. The zero-order valence-corrected chi connectivity index (χ0v) is 19.5. The van der Waals surface area contributed by atoms with Crippen molar-refractivity contribution in [2.75, 3.05) is 24.3 Å². The first kappa shape index (κ1) is 23.1. The number of anilines is 2. The molecule has 3 rings (SSSR count). The highest BCUT2D eigenvalue weighted by Crippen LogP contribution is 2.30. The molecule has 0 heterocycles. The minimum Gasteiger partial charge on any atom is -0.497 e. The van der Waals surface area contributed by atoms with E-state index in [0.29, 0.717) is 28.4 Å². The monoisotopic (exact) mass is 454 g/mol. The van der Waals surface area contributed by atoms with Crippen molar-refractivity contribution in [3.05, 3.63) is 76.9 Å². The van der Waals surface area contributed by atoms with Crippen molar-refractivity contribution in [2.45, 2.75) is 25.7 Å². The number of sulfonamides is 1. The van der Waals surface area contributed by atoms with Gasteiger partial charge in [0, 0.05) is 11.6 Å². The van der Waals surface area contributed by atoms with Crippen molar-refractivity contribution in [1.29, 1.82) is 0 Å². The molecule has 0 saturated carbocycles. The Kier molecular flexibility index (Phi) is 6.74. The molecule has 0 aromatic heterocycles. The number of carbonyl (C=O) groups excluding carboxylic acids is 1. The van der Waals surface area contributed by atoms with E-state index in [0.717, 1.165) is 11.1 Å². The van der Waals surface area contributed by atoms with Crippen molar-refractivity contribution in [2.24, 2.45) is 0 Å². The van der Waals surface area contributed by atoms with E-state index in [-0.39, 0.29) is 10.5 Å². The Bertz CT molecular complexity index is 1270. The molecular formula is C24H26N2O5S. The van der Waals surface area contributed by atoms with Crippen LogP contribution in [0.15, 0.2) is 59.5 Å². The van der Waals surface area contributed by atoms with E-state index in [1.54, 1.807) is 43.3 Å². The molecule has 168 valence electrons. The van der Waals surface area contributed by atoms with Crippen LogP contribution in [0.1, 0.15) is 27.0 Å². The van der Waals surface area contributed by atoms with Gasteiger partial charge in [0.2, 0.25) is 0 Å². The highest BCUT2D eigenvalue weighted by atomic mass is 32.2. The van der Waals surface area contributed by atoms with E-state index in [9.17, 15) is 13.2 Å². The lowest BCUT2D eigenvalue weighted by Gasteiger charge is -2.15. The first-order chi connectivity index (χ1) is 15.1. The van der Waals surface area contributed by atoms with Gasteiger partial charge in [0.25, 0.3) is 15.9 Å². The third-order valence-corrected chi connectivity index (χ3v) is 6.54. The van der Waals surface area contributed by atoms with Crippen LogP contribution in [-0.2, 0) is 10.0 Å². The van der Waals surface area contributed by atoms with Crippen LogP contribution in [-0.4, -0.2) is 28.5 Å². The number of benzene rings is 3. The molecule has 8 heteroatoms. The summed E-state index contributed by atoms with van der Waals surface area (Å²) < 4.78 is 39.3. The molecule has 1 amide bonds. The van der Waals surface area contributed by atoms with E-state index in [1.165, 1.54) is 20.3 Å². The first-order valence-electron chi connectivity index (χ1n) is 9.88. The summed E-state index contributed by atoms with van der Waals surface area (Å²) in [4.78, 5) is 12.9. The normalized spacial score (nSPS) is 11.0. The second-order valence-electron chi connectivity index (χ2n) is 7.42. The fourth-order valence-corrected chi connectivity index (χ4v) is 4.57. The molecule has 0 atom stereocenters. The van der Waals surface area contributed by atoms with Gasteiger partial charge in [-0.2, -0.15) is 0 Å². The second-order valence-corrected chi connectivity index (χ2v) is 9.08. The highest BCUT2D eigenvalue weighted by Gasteiger charge is 2.21. The summed E-state index contributed by atoms with van der Waals surface area (Å²) in [5, 5.41) is 2.76. The predicted octanol–water partition coefficient (Wildman–Crippen LogP) is 4.68. The standard InChI is InChI=1S/C24H26N2O5S/c1-15-6-7-16(2)21(12-15)26-32(28,29)23-13-18(9-8-17(23)3)24(27)25-20-11-10-19(30-4)14-22(20)31-5/h6-14,26H,1-5H3,(H,25,27). The van der Waals surface area contributed by atoms with Gasteiger partial charge < -0.3 is 14.8 Å². The Balaban J connectivity index is 1.91. The topological polar surface area (TPSA) is 93.7 Å². The zero-order chi connectivity index (χ0) is 23.5. The number of hydrogen-bond acceptors (Lipinski definition) is 5. The summed E-state index contributed by atoms with van der Waals surface area (Å²) in [5.41, 5.74) is 3.42. The highest BCUT2D eigenvalue weighted by molar-refractivity contribution is 7.92. The fraction of sp³-hybridized carbons (Fsp3) is 0.208. The number of carbonyl (C=O) groups is 1. The lowest BCUT2D eigenvalue weighted by atomic mass is 10.1. The number of hydrogen-bond donors (Lipinski definition) is 2. The van der Waals surface area contributed by atoms with E-state index >= 15 is 0 Å². The Morgan fingerprint density at radius 1 is 0.812 bits per heavy atom. The SMILES string of the molecule is COc1ccc(NC(=O)c2ccc(C)c(S(=O)(=O)Nc3cc(C)ccc3C)c2)c(OC)c1. The first-order valence-corrected chi connectivity index (χ1v) is 11.4. The predicted molar refractivity (Wildman–Crippen MR) is 125 cm³/mol. The average molecular weight is 455 g/mol. The Labute approximate surface area is 188 Å². The number of ether oxygens (including phenoxy) is 2. The van der Waals surface area contributed by atoms with E-state index < -0.39 is 15.9 Å². The number of rotatable bonds is 7. The summed E-state index contributed by atoms with van der Waals surface area (Å²) in [5.74, 6) is 0.548. The summed E-state index contributed by atoms with van der Waals surface area (Å²) >= 11 is 0. The lowest BCUT2D eigenvalue weighted by molar-refractivity contribution is 0.102. The molecule has 0 unspecified atom stereocenters. The zero-order valence-electron chi connectivity index (χ0n) is 18.6. The van der Waals surface area contributed by atoms with Gasteiger partial charge in [0.05, 0.1) is 30.5 Å². The minimum atomic E-state index is -3.91. The van der Waals surface area contributed by atoms with Gasteiger partial charge in [0.1, 0.15) is 11.5 Å². The average Bonchev–Trinajstić information content (AvgIpc) is 2.76. The maximum absolute atomic E-state index is 13.1. The molecule has 0 aliphatic carbocycles. The van der Waals surface area contributed by atoms with Crippen LogP contribution in [0.25, 0.3) is 0 Å². The minimum absolute atomic E-state index is 0.0350. The maximum atomic E-state index is 13.1. The largest absolute Gasteiger partial charge is 0.497 e. The van der Waals surface area contributed by atoms with Crippen LogP contribution in [0.3, 0.4) is 0 Å². The second kappa shape index (κ2) is 9.32. The van der Waals surface area contributed by atoms with Gasteiger partial charge in [-0.25, -0.2) is 8.42 Å². The van der Waals surface area contributed by atoms with Crippen LogP contribution >= 0.6 is 0 Å². The molecule has 3 aromatic carbocycles. The van der Waals surface area contributed by atoms with Crippen LogP contribution in [0.5, 0.6) is 11.5 Å². The Morgan fingerprint density at radius 3 is 2.22 bits per heavy atom. The number of aryl methyl sites for hydroxylation is 3. The molecule has 0 fully saturated rings. The maximum Gasteiger partial charge on any atom is 0.262 e. The smallest absolute Gasteiger partial charge is 0.262 e. The molecule has 0 aliphatic heterocycles. The third kappa shape index (κ3) is 5.03. The number of amides is 1. The van der Waals surface area contributed by atoms with Crippen LogP contribution in [0, 0.1) is 20.8 Å². The van der Waals surface area contributed by atoms with Gasteiger partial charge in [-0.1, -0.05) is 18.2 Å². The molecule has 32 heavy (non-hydrogen) atoms. The van der Waals surface area contributed by atoms with Gasteiger partial charge in [-0.05, 0) is 67.8 Å². The van der Waals surface area contributed by atoms with Crippen molar-refractivity contribution >= 4 is 27.3 Å². The van der Waals surface area contributed by atoms with Gasteiger partial charge in [0.15, 0.2) is 0 Å². The van der Waals surface area contributed by atoms with Gasteiger partial charge in [-0.3, -0.25) is 9.52 Å². The number of nitrogens with one attached hydrogen (secondary N) is 2. The molecule has 0 radical (unpaired) electrons. The van der Waals surface area contributed by atoms with E-state index in [4.69, 9.17) is 9.47 Å². The van der Waals surface area contributed by atoms with Crippen LogP contribution in [0.4, 0.5) is 11.4 Å².